The van der Waals surface area contributed by atoms with E-state index in [-0.39, 0.29) is 19.0 Å². The van der Waals surface area contributed by atoms with Crippen LogP contribution in [-0.2, 0) is 6.54 Å². The summed E-state index contributed by atoms with van der Waals surface area (Å²) >= 11 is 0. The SMILES string of the molecule is O=C(c1cnn(Cc2ccccc2)c1)N1C[C@H](O)C[C@@H](O)C1. The number of likely N-dealkylation sites (tertiary alicyclic amines) is 1. The molecule has 0 aliphatic carbocycles. The minimum Gasteiger partial charge on any atom is -0.391 e. The van der Waals surface area contributed by atoms with Gasteiger partial charge >= 0.3 is 0 Å². The van der Waals surface area contributed by atoms with E-state index in [9.17, 15) is 15.0 Å². The van der Waals surface area contributed by atoms with E-state index in [1.54, 1.807) is 10.9 Å². The van der Waals surface area contributed by atoms with Crippen molar-refractivity contribution < 1.29 is 15.0 Å². The van der Waals surface area contributed by atoms with Crippen LogP contribution in [0, 0.1) is 0 Å². The van der Waals surface area contributed by atoms with Gasteiger partial charge in [-0.2, -0.15) is 5.10 Å². The molecule has 2 aromatic rings. The van der Waals surface area contributed by atoms with Crippen molar-refractivity contribution in [3.8, 4) is 0 Å². The predicted molar refractivity (Wildman–Crippen MR) is 80.3 cm³/mol. The average molecular weight is 301 g/mol. The Balaban J connectivity index is 1.69. The zero-order valence-corrected chi connectivity index (χ0v) is 12.2. The third kappa shape index (κ3) is 3.35. The molecule has 2 atom stereocenters. The van der Waals surface area contributed by atoms with Crippen molar-refractivity contribution in [2.45, 2.75) is 25.2 Å². The van der Waals surface area contributed by atoms with E-state index in [4.69, 9.17) is 0 Å². The summed E-state index contributed by atoms with van der Waals surface area (Å²) in [5.74, 6) is -0.211. The molecule has 0 bridgehead atoms. The first-order chi connectivity index (χ1) is 10.6. The molecule has 116 valence electrons. The molecule has 1 fully saturated rings. The molecule has 1 amide bonds. The van der Waals surface area contributed by atoms with E-state index < -0.39 is 12.2 Å². The Morgan fingerprint density at radius 1 is 1.18 bits per heavy atom. The first-order valence-corrected chi connectivity index (χ1v) is 7.33. The molecule has 22 heavy (non-hydrogen) atoms. The lowest BCUT2D eigenvalue weighted by molar-refractivity contribution is -0.00385. The largest absolute Gasteiger partial charge is 0.391 e. The topological polar surface area (TPSA) is 78.6 Å². The second-order valence-electron chi connectivity index (χ2n) is 5.67. The summed E-state index contributed by atoms with van der Waals surface area (Å²) in [5.41, 5.74) is 1.57. The van der Waals surface area contributed by atoms with Crippen LogP contribution in [0.5, 0.6) is 0 Å². The fraction of sp³-hybridized carbons (Fsp3) is 0.375. The van der Waals surface area contributed by atoms with Crippen molar-refractivity contribution in [1.29, 1.82) is 0 Å². The quantitative estimate of drug-likeness (QED) is 0.865. The summed E-state index contributed by atoms with van der Waals surface area (Å²) in [4.78, 5) is 13.9. The van der Waals surface area contributed by atoms with Gasteiger partial charge in [0.15, 0.2) is 0 Å². The highest BCUT2D eigenvalue weighted by Crippen LogP contribution is 2.14. The van der Waals surface area contributed by atoms with Crippen molar-refractivity contribution >= 4 is 5.91 Å². The highest BCUT2D eigenvalue weighted by Gasteiger charge is 2.28. The van der Waals surface area contributed by atoms with Gasteiger partial charge in [0, 0.05) is 25.7 Å². The molecule has 2 heterocycles. The number of amides is 1. The number of hydrogen-bond donors (Lipinski definition) is 2. The van der Waals surface area contributed by atoms with Crippen molar-refractivity contribution in [2.75, 3.05) is 13.1 Å². The van der Waals surface area contributed by atoms with Gasteiger partial charge in [0.05, 0.1) is 30.5 Å². The summed E-state index contributed by atoms with van der Waals surface area (Å²) < 4.78 is 1.71. The van der Waals surface area contributed by atoms with Crippen molar-refractivity contribution in [2.24, 2.45) is 0 Å². The van der Waals surface area contributed by atoms with Crippen molar-refractivity contribution in [3.63, 3.8) is 0 Å². The number of piperidine rings is 1. The molecule has 1 aliphatic rings. The molecule has 0 saturated carbocycles. The third-order valence-electron chi connectivity index (χ3n) is 3.76. The minimum absolute atomic E-state index is 0.211. The molecule has 1 aromatic heterocycles. The number of β-amino-alcohol motifs (C(OH)–C–C–N with tert-alkyl or cyclic N) is 2. The predicted octanol–water partition coefficient (Wildman–Crippen LogP) is 0.499. The summed E-state index contributed by atoms with van der Waals surface area (Å²) in [5, 5.41) is 23.6. The number of carbonyl (C=O) groups is 1. The maximum atomic E-state index is 12.4. The molecule has 6 nitrogen and oxygen atoms in total. The van der Waals surface area contributed by atoms with Crippen LogP contribution in [0.25, 0.3) is 0 Å². The van der Waals surface area contributed by atoms with Gasteiger partial charge in [-0.05, 0) is 5.56 Å². The van der Waals surface area contributed by atoms with Gasteiger partial charge in [-0.25, -0.2) is 0 Å². The molecule has 0 spiro atoms. The fourth-order valence-electron chi connectivity index (χ4n) is 2.73. The molecule has 1 saturated heterocycles. The lowest BCUT2D eigenvalue weighted by Crippen LogP contribution is -2.48. The summed E-state index contributed by atoms with van der Waals surface area (Å²) in [7, 11) is 0. The van der Waals surface area contributed by atoms with E-state index in [1.165, 1.54) is 11.1 Å². The molecule has 0 radical (unpaired) electrons. The molecule has 1 aromatic carbocycles. The Kier molecular flexibility index (Phi) is 4.22. The van der Waals surface area contributed by atoms with Crippen molar-refractivity contribution in [3.05, 3.63) is 53.9 Å². The lowest BCUT2D eigenvalue weighted by atomic mass is 10.1. The smallest absolute Gasteiger partial charge is 0.257 e. The summed E-state index contributed by atoms with van der Waals surface area (Å²) in [6.07, 6.45) is 2.19. The standard InChI is InChI=1S/C16H19N3O3/c20-14-6-15(21)11-18(10-14)16(22)13-7-17-19(9-13)8-12-4-2-1-3-5-12/h1-5,7,9,14-15,20-21H,6,8,10-11H2/t14-,15-/m1/s1. The van der Waals surface area contributed by atoms with E-state index >= 15 is 0 Å². The van der Waals surface area contributed by atoms with Crippen LogP contribution in [0.1, 0.15) is 22.3 Å². The van der Waals surface area contributed by atoms with E-state index in [1.807, 2.05) is 30.3 Å². The average Bonchev–Trinajstić information content (AvgIpc) is 2.95. The molecule has 1 aliphatic heterocycles. The van der Waals surface area contributed by atoms with Crippen LogP contribution in [-0.4, -0.2) is 56.1 Å². The van der Waals surface area contributed by atoms with Crippen LogP contribution in [0.4, 0.5) is 0 Å². The third-order valence-corrected chi connectivity index (χ3v) is 3.76. The van der Waals surface area contributed by atoms with Gasteiger partial charge in [0.25, 0.3) is 5.91 Å². The Bertz CT molecular complexity index is 631. The zero-order chi connectivity index (χ0) is 15.5. The number of benzene rings is 1. The monoisotopic (exact) mass is 301 g/mol. The Morgan fingerprint density at radius 2 is 1.86 bits per heavy atom. The molecule has 3 rings (SSSR count). The maximum absolute atomic E-state index is 12.4. The van der Waals surface area contributed by atoms with Gasteiger partial charge in [-0.1, -0.05) is 30.3 Å². The number of nitrogens with zero attached hydrogens (tertiary/aromatic N) is 3. The van der Waals surface area contributed by atoms with Crippen LogP contribution < -0.4 is 0 Å². The molecule has 2 N–H and O–H groups in total. The van der Waals surface area contributed by atoms with Crippen LogP contribution >= 0.6 is 0 Å². The Hall–Kier alpha value is -2.18. The maximum Gasteiger partial charge on any atom is 0.257 e. The number of hydrogen-bond acceptors (Lipinski definition) is 4. The number of carbonyl (C=O) groups excluding carboxylic acids is 1. The number of aromatic nitrogens is 2. The Morgan fingerprint density at radius 3 is 2.55 bits per heavy atom. The van der Waals surface area contributed by atoms with E-state index in [2.05, 4.69) is 5.10 Å². The van der Waals surface area contributed by atoms with Crippen LogP contribution in [0.15, 0.2) is 42.7 Å². The summed E-state index contributed by atoms with van der Waals surface area (Å²) in [6.45, 7) is 1.10. The highest BCUT2D eigenvalue weighted by atomic mass is 16.3. The van der Waals surface area contributed by atoms with E-state index in [0.29, 0.717) is 18.5 Å². The van der Waals surface area contributed by atoms with Crippen molar-refractivity contribution in [1.82, 2.24) is 14.7 Å². The molecular weight excluding hydrogens is 282 g/mol. The number of aliphatic hydroxyl groups is 2. The zero-order valence-electron chi connectivity index (χ0n) is 12.2. The van der Waals surface area contributed by atoms with Gasteiger partial charge in [-0.3, -0.25) is 9.48 Å². The first kappa shape index (κ1) is 14.7. The fourth-order valence-corrected chi connectivity index (χ4v) is 2.73. The van der Waals surface area contributed by atoms with Gasteiger partial charge in [0.1, 0.15) is 0 Å². The first-order valence-electron chi connectivity index (χ1n) is 7.33. The number of rotatable bonds is 3. The van der Waals surface area contributed by atoms with Crippen LogP contribution in [0.3, 0.4) is 0 Å². The lowest BCUT2D eigenvalue weighted by Gasteiger charge is -2.33. The van der Waals surface area contributed by atoms with Crippen LogP contribution in [0.2, 0.25) is 0 Å². The molecule has 6 heteroatoms. The van der Waals surface area contributed by atoms with Gasteiger partial charge in [0.2, 0.25) is 0 Å². The Labute approximate surface area is 128 Å². The van der Waals surface area contributed by atoms with Gasteiger partial charge in [-0.15, -0.1) is 0 Å². The number of aliphatic hydroxyl groups excluding tert-OH is 2. The minimum atomic E-state index is -0.674. The second kappa shape index (κ2) is 6.29. The van der Waals surface area contributed by atoms with Gasteiger partial charge < -0.3 is 15.1 Å². The highest BCUT2D eigenvalue weighted by molar-refractivity contribution is 5.93. The molecule has 0 unspecified atom stereocenters. The second-order valence-corrected chi connectivity index (χ2v) is 5.67. The van der Waals surface area contributed by atoms with E-state index in [0.717, 1.165) is 5.56 Å². The normalized spacial score (nSPS) is 21.8. The molecular formula is C16H19N3O3. The summed E-state index contributed by atoms with van der Waals surface area (Å²) in [6, 6.07) is 9.87.